The average molecular weight is 342 g/mol. The number of carbonyl (C=O) groups is 1. The van der Waals surface area contributed by atoms with Crippen LogP contribution in [0, 0.1) is 6.92 Å². The topological polar surface area (TPSA) is 44.8 Å². The van der Waals surface area contributed by atoms with Gasteiger partial charge >= 0.3 is 0 Å². The van der Waals surface area contributed by atoms with Gasteiger partial charge in [-0.3, -0.25) is 4.79 Å². The van der Waals surface area contributed by atoms with Gasteiger partial charge < -0.3 is 14.2 Å². The maximum Gasteiger partial charge on any atom is 0.153 e. The average Bonchev–Trinajstić information content (AvgIpc) is 2.58. The molecule has 4 heteroatoms. The summed E-state index contributed by atoms with van der Waals surface area (Å²) >= 11 is 0. The number of benzene rings is 2. The number of carbonyl (C=O) groups excluding carboxylic acids is 1. The molecule has 2 aromatic rings. The van der Waals surface area contributed by atoms with Crippen molar-refractivity contribution in [1.29, 1.82) is 0 Å². The lowest BCUT2D eigenvalue weighted by molar-refractivity contribution is 0.111. The number of hydrogen-bond donors (Lipinski definition) is 0. The molecule has 0 heterocycles. The summed E-state index contributed by atoms with van der Waals surface area (Å²) in [6, 6.07) is 11.3. The summed E-state index contributed by atoms with van der Waals surface area (Å²) in [6.07, 6.45) is 0.773. The first-order valence-electron chi connectivity index (χ1n) is 8.35. The van der Waals surface area contributed by atoms with Gasteiger partial charge in [0.15, 0.2) is 6.29 Å². The molecule has 0 saturated carbocycles. The second-order valence-corrected chi connectivity index (χ2v) is 6.92. The largest absolute Gasteiger partial charge is 0.497 e. The Balaban J connectivity index is 2.04. The van der Waals surface area contributed by atoms with Gasteiger partial charge in [0.1, 0.15) is 30.5 Å². The van der Waals surface area contributed by atoms with Crippen LogP contribution in [0.5, 0.6) is 17.2 Å². The van der Waals surface area contributed by atoms with E-state index in [-0.39, 0.29) is 5.41 Å². The van der Waals surface area contributed by atoms with Gasteiger partial charge in [0.05, 0.1) is 12.7 Å². The molecule has 0 aliphatic heterocycles. The van der Waals surface area contributed by atoms with Crippen LogP contribution in [-0.4, -0.2) is 26.6 Å². The van der Waals surface area contributed by atoms with Gasteiger partial charge in [0, 0.05) is 6.07 Å². The van der Waals surface area contributed by atoms with E-state index in [1.807, 2.05) is 19.1 Å². The van der Waals surface area contributed by atoms with Crippen LogP contribution >= 0.6 is 0 Å². The molecule has 0 amide bonds. The summed E-state index contributed by atoms with van der Waals surface area (Å²) in [6.45, 7) is 9.26. The number of aldehydes is 1. The molecule has 0 bridgehead atoms. The van der Waals surface area contributed by atoms with Gasteiger partial charge in [-0.05, 0) is 35.6 Å². The Hall–Kier alpha value is -2.49. The van der Waals surface area contributed by atoms with Crippen LogP contribution in [0.3, 0.4) is 0 Å². The second kappa shape index (κ2) is 8.06. The minimum absolute atomic E-state index is 0.000304. The van der Waals surface area contributed by atoms with E-state index >= 15 is 0 Å². The highest BCUT2D eigenvalue weighted by molar-refractivity contribution is 5.79. The van der Waals surface area contributed by atoms with E-state index in [2.05, 4.69) is 26.8 Å². The Morgan fingerprint density at radius 2 is 1.76 bits per heavy atom. The molecule has 0 unspecified atom stereocenters. The number of ether oxygens (including phenoxy) is 3. The molecule has 0 atom stereocenters. The molecular weight excluding hydrogens is 316 g/mol. The van der Waals surface area contributed by atoms with E-state index in [1.165, 1.54) is 5.56 Å². The van der Waals surface area contributed by atoms with Crippen molar-refractivity contribution in [3.63, 3.8) is 0 Å². The van der Waals surface area contributed by atoms with Crippen LogP contribution in [0.4, 0.5) is 0 Å². The molecular formula is C21H26O4. The summed E-state index contributed by atoms with van der Waals surface area (Å²) in [5.74, 6) is 2.05. The zero-order valence-electron chi connectivity index (χ0n) is 15.6. The number of rotatable bonds is 7. The lowest BCUT2D eigenvalue weighted by Crippen LogP contribution is -2.17. The van der Waals surface area contributed by atoms with Crippen LogP contribution in [0.25, 0.3) is 0 Å². The van der Waals surface area contributed by atoms with Crippen molar-refractivity contribution in [3.05, 3.63) is 53.1 Å². The van der Waals surface area contributed by atoms with Crippen LogP contribution in [0.15, 0.2) is 36.4 Å². The minimum atomic E-state index is -0.000304. The van der Waals surface area contributed by atoms with Gasteiger partial charge in [0.2, 0.25) is 0 Å². The third-order valence-electron chi connectivity index (χ3n) is 3.95. The third-order valence-corrected chi connectivity index (χ3v) is 3.95. The quantitative estimate of drug-likeness (QED) is 0.546. The monoisotopic (exact) mass is 342 g/mol. The highest BCUT2D eigenvalue weighted by Crippen LogP contribution is 2.33. The molecule has 0 N–H and O–H groups in total. The molecule has 0 spiro atoms. The number of methoxy groups -OCH3 is 1. The zero-order valence-corrected chi connectivity index (χ0v) is 15.6. The van der Waals surface area contributed by atoms with E-state index in [9.17, 15) is 4.79 Å². The Kier molecular flexibility index (Phi) is 6.07. The first-order chi connectivity index (χ1) is 11.9. The Morgan fingerprint density at radius 3 is 2.40 bits per heavy atom. The van der Waals surface area contributed by atoms with Gasteiger partial charge in [-0.2, -0.15) is 0 Å². The van der Waals surface area contributed by atoms with Gasteiger partial charge in [-0.25, -0.2) is 0 Å². The van der Waals surface area contributed by atoms with Crippen molar-refractivity contribution in [2.45, 2.75) is 33.1 Å². The van der Waals surface area contributed by atoms with Crippen LogP contribution < -0.4 is 14.2 Å². The number of hydrogen-bond acceptors (Lipinski definition) is 4. The SMILES string of the molecule is COc1ccc(C=O)c(OCCOc2c(C)cccc2C(C)(C)C)c1. The van der Waals surface area contributed by atoms with Gasteiger partial charge in [0.25, 0.3) is 0 Å². The highest BCUT2D eigenvalue weighted by Gasteiger charge is 2.20. The molecule has 0 saturated heterocycles. The predicted octanol–water partition coefficient (Wildman–Crippen LogP) is 4.57. The van der Waals surface area contributed by atoms with Crippen molar-refractivity contribution < 1.29 is 19.0 Å². The highest BCUT2D eigenvalue weighted by atomic mass is 16.5. The van der Waals surface area contributed by atoms with Crippen molar-refractivity contribution >= 4 is 6.29 Å². The summed E-state index contributed by atoms with van der Waals surface area (Å²) in [5.41, 5.74) is 2.76. The fraction of sp³-hybridized carbons (Fsp3) is 0.381. The van der Waals surface area contributed by atoms with Crippen LogP contribution in [-0.2, 0) is 5.41 Å². The molecule has 0 aliphatic rings. The van der Waals surface area contributed by atoms with E-state index in [0.717, 1.165) is 17.6 Å². The lowest BCUT2D eigenvalue weighted by Gasteiger charge is -2.24. The molecule has 0 radical (unpaired) electrons. The van der Waals surface area contributed by atoms with Gasteiger partial charge in [-0.1, -0.05) is 39.0 Å². The first kappa shape index (κ1) is 18.8. The Labute approximate surface area is 149 Å². The molecule has 0 aromatic heterocycles. The van der Waals surface area contributed by atoms with Crippen molar-refractivity contribution in [2.24, 2.45) is 0 Å². The van der Waals surface area contributed by atoms with E-state index in [0.29, 0.717) is 30.3 Å². The van der Waals surface area contributed by atoms with Crippen LogP contribution in [0.2, 0.25) is 0 Å². The molecule has 0 aliphatic carbocycles. The standard InChI is InChI=1S/C21H26O4/c1-15-7-6-8-18(21(2,3)4)20(15)25-12-11-24-19-13-17(23-5)10-9-16(19)14-22/h6-10,13-14H,11-12H2,1-5H3. The summed E-state index contributed by atoms with van der Waals surface area (Å²) in [7, 11) is 1.58. The molecule has 4 nitrogen and oxygen atoms in total. The van der Waals surface area contributed by atoms with E-state index < -0.39 is 0 Å². The maximum absolute atomic E-state index is 11.1. The molecule has 2 rings (SSSR count). The van der Waals surface area contributed by atoms with Crippen LogP contribution in [0.1, 0.15) is 42.3 Å². The van der Waals surface area contributed by atoms with Crippen molar-refractivity contribution in [1.82, 2.24) is 0 Å². The Morgan fingerprint density at radius 1 is 1.04 bits per heavy atom. The zero-order chi connectivity index (χ0) is 18.4. The summed E-state index contributed by atoms with van der Waals surface area (Å²) < 4.78 is 16.9. The molecule has 134 valence electrons. The van der Waals surface area contributed by atoms with Crippen molar-refractivity contribution in [3.8, 4) is 17.2 Å². The molecule has 25 heavy (non-hydrogen) atoms. The van der Waals surface area contributed by atoms with E-state index in [1.54, 1.807) is 25.3 Å². The fourth-order valence-corrected chi connectivity index (χ4v) is 2.59. The predicted molar refractivity (Wildman–Crippen MR) is 99.3 cm³/mol. The first-order valence-corrected chi connectivity index (χ1v) is 8.35. The normalized spacial score (nSPS) is 11.1. The Bertz CT molecular complexity index is 729. The number of aryl methyl sites for hydroxylation is 1. The maximum atomic E-state index is 11.1. The van der Waals surface area contributed by atoms with Crippen molar-refractivity contribution in [2.75, 3.05) is 20.3 Å². The number of para-hydroxylation sites is 1. The summed E-state index contributed by atoms with van der Waals surface area (Å²) in [4.78, 5) is 11.1. The lowest BCUT2D eigenvalue weighted by atomic mass is 9.85. The molecule has 0 fully saturated rings. The second-order valence-electron chi connectivity index (χ2n) is 6.92. The van der Waals surface area contributed by atoms with Gasteiger partial charge in [-0.15, -0.1) is 0 Å². The van der Waals surface area contributed by atoms with E-state index in [4.69, 9.17) is 14.2 Å². The summed E-state index contributed by atoms with van der Waals surface area (Å²) in [5, 5.41) is 0. The fourth-order valence-electron chi connectivity index (χ4n) is 2.59. The molecule has 2 aromatic carbocycles. The smallest absolute Gasteiger partial charge is 0.153 e. The third kappa shape index (κ3) is 4.75. The minimum Gasteiger partial charge on any atom is -0.497 e.